The van der Waals surface area contributed by atoms with Gasteiger partial charge in [-0.3, -0.25) is 4.79 Å². The Bertz CT molecular complexity index is 426. The van der Waals surface area contributed by atoms with Crippen LogP contribution in [0.1, 0.15) is 30.9 Å². The van der Waals surface area contributed by atoms with Gasteiger partial charge in [0.15, 0.2) is 6.04 Å². The molecule has 0 bridgehead atoms. The lowest BCUT2D eigenvalue weighted by molar-refractivity contribution is -0.142. The molecule has 1 amide bonds. The third-order valence-corrected chi connectivity index (χ3v) is 2.66. The fraction of sp³-hybridized carbons (Fsp3) is 0.385. The van der Waals surface area contributed by atoms with Crippen LogP contribution in [0.4, 0.5) is 0 Å². The molecule has 1 unspecified atom stereocenters. The van der Waals surface area contributed by atoms with Crippen molar-refractivity contribution in [3.05, 3.63) is 35.4 Å². The minimum Gasteiger partial charge on any atom is -0.480 e. The van der Waals surface area contributed by atoms with Gasteiger partial charge in [-0.25, -0.2) is 4.79 Å². The van der Waals surface area contributed by atoms with Gasteiger partial charge in [-0.05, 0) is 17.0 Å². The molecule has 0 spiro atoms. The molecule has 0 aliphatic rings. The van der Waals surface area contributed by atoms with Gasteiger partial charge >= 0.3 is 5.97 Å². The van der Waals surface area contributed by atoms with Crippen molar-refractivity contribution in [1.29, 1.82) is 0 Å². The van der Waals surface area contributed by atoms with Gasteiger partial charge in [0.2, 0.25) is 5.91 Å². The Morgan fingerprint density at radius 1 is 1.28 bits per heavy atom. The second-order valence-corrected chi connectivity index (χ2v) is 4.43. The number of carboxylic acids is 1. The Labute approximate surface area is 106 Å². The number of carbonyl (C=O) groups excluding carboxylic acids is 1. The Balaban J connectivity index is 2.54. The van der Waals surface area contributed by atoms with E-state index in [9.17, 15) is 9.59 Å². The van der Waals surface area contributed by atoms with Crippen LogP contribution < -0.4 is 11.1 Å². The molecule has 5 heteroatoms. The molecular weight excluding hydrogens is 232 g/mol. The molecule has 0 radical (unpaired) electrons. The molecule has 4 N–H and O–H groups in total. The number of benzene rings is 1. The van der Waals surface area contributed by atoms with Crippen LogP contribution in [0.3, 0.4) is 0 Å². The first kappa shape index (κ1) is 14.2. The number of nitrogens with one attached hydrogen (secondary N) is 1. The summed E-state index contributed by atoms with van der Waals surface area (Å²) in [5.74, 6) is -1.56. The highest BCUT2D eigenvalue weighted by Gasteiger charge is 2.20. The maximum atomic E-state index is 11.3. The number of rotatable bonds is 5. The topological polar surface area (TPSA) is 92.4 Å². The number of hydrogen-bond acceptors (Lipinski definition) is 3. The van der Waals surface area contributed by atoms with Crippen molar-refractivity contribution in [2.24, 2.45) is 5.73 Å². The summed E-state index contributed by atoms with van der Waals surface area (Å²) in [6, 6.07) is 6.27. The van der Waals surface area contributed by atoms with Crippen molar-refractivity contribution in [3.63, 3.8) is 0 Å². The van der Waals surface area contributed by atoms with Crippen LogP contribution in [-0.2, 0) is 16.1 Å². The highest BCUT2D eigenvalue weighted by molar-refractivity contribution is 6.00. The summed E-state index contributed by atoms with van der Waals surface area (Å²) >= 11 is 0. The summed E-state index contributed by atoms with van der Waals surface area (Å²) in [5.41, 5.74) is 7.30. The SMILES string of the molecule is CC(C)c1ccc(CNC(=O)C(N)C(=O)O)cc1. The van der Waals surface area contributed by atoms with Crippen molar-refractivity contribution in [2.75, 3.05) is 0 Å². The molecule has 18 heavy (non-hydrogen) atoms. The first-order valence-electron chi connectivity index (χ1n) is 5.76. The molecular formula is C13H18N2O3. The fourth-order valence-corrected chi connectivity index (χ4v) is 1.43. The summed E-state index contributed by atoms with van der Waals surface area (Å²) in [5, 5.41) is 11.0. The molecule has 1 aromatic rings. The van der Waals surface area contributed by atoms with E-state index < -0.39 is 17.9 Å². The average molecular weight is 250 g/mol. The number of amides is 1. The predicted octanol–water partition coefficient (Wildman–Crippen LogP) is 0.838. The zero-order valence-corrected chi connectivity index (χ0v) is 10.5. The summed E-state index contributed by atoms with van der Waals surface area (Å²) in [6.07, 6.45) is 0. The second-order valence-electron chi connectivity index (χ2n) is 4.43. The summed E-state index contributed by atoms with van der Waals surface area (Å²) in [6.45, 7) is 4.48. The van der Waals surface area contributed by atoms with Crippen LogP contribution >= 0.6 is 0 Å². The van der Waals surface area contributed by atoms with Gasteiger partial charge < -0.3 is 16.2 Å². The third kappa shape index (κ3) is 3.85. The zero-order valence-electron chi connectivity index (χ0n) is 10.5. The number of carbonyl (C=O) groups is 2. The third-order valence-electron chi connectivity index (χ3n) is 2.66. The first-order chi connectivity index (χ1) is 8.41. The Hall–Kier alpha value is -1.88. The van der Waals surface area contributed by atoms with Gasteiger partial charge in [0.05, 0.1) is 0 Å². The quantitative estimate of drug-likeness (QED) is 0.675. The van der Waals surface area contributed by atoms with Crippen molar-refractivity contribution >= 4 is 11.9 Å². The molecule has 1 aromatic carbocycles. The molecule has 0 fully saturated rings. The van der Waals surface area contributed by atoms with Crippen LogP contribution in [-0.4, -0.2) is 23.0 Å². The molecule has 98 valence electrons. The maximum absolute atomic E-state index is 11.3. The van der Waals surface area contributed by atoms with E-state index >= 15 is 0 Å². The standard InChI is InChI=1S/C13H18N2O3/c1-8(2)10-5-3-9(4-6-10)7-15-12(16)11(14)13(17)18/h3-6,8,11H,7,14H2,1-2H3,(H,15,16)(H,17,18). The van der Waals surface area contributed by atoms with E-state index in [4.69, 9.17) is 10.8 Å². The highest BCUT2D eigenvalue weighted by atomic mass is 16.4. The Kier molecular flexibility index (Phi) is 4.85. The van der Waals surface area contributed by atoms with Gasteiger partial charge in [0.1, 0.15) is 0 Å². The van der Waals surface area contributed by atoms with Crippen LogP contribution in [0.15, 0.2) is 24.3 Å². The first-order valence-corrected chi connectivity index (χ1v) is 5.76. The van der Waals surface area contributed by atoms with E-state index in [2.05, 4.69) is 19.2 Å². The molecule has 1 atom stereocenters. The monoisotopic (exact) mass is 250 g/mol. The van der Waals surface area contributed by atoms with E-state index in [1.165, 1.54) is 5.56 Å². The van der Waals surface area contributed by atoms with E-state index in [0.717, 1.165) is 5.56 Å². The predicted molar refractivity (Wildman–Crippen MR) is 68.0 cm³/mol. The van der Waals surface area contributed by atoms with Crippen LogP contribution in [0.5, 0.6) is 0 Å². The normalized spacial score (nSPS) is 12.2. The van der Waals surface area contributed by atoms with Crippen molar-refractivity contribution in [1.82, 2.24) is 5.32 Å². The minimum absolute atomic E-state index is 0.276. The van der Waals surface area contributed by atoms with Gasteiger partial charge in [0, 0.05) is 6.54 Å². The molecule has 0 saturated heterocycles. The number of carboxylic acid groups (broad SMARTS) is 1. The number of aliphatic carboxylic acids is 1. The van der Waals surface area contributed by atoms with E-state index in [1.54, 1.807) is 0 Å². The van der Waals surface area contributed by atoms with Crippen molar-refractivity contribution < 1.29 is 14.7 Å². The lowest BCUT2D eigenvalue weighted by Crippen LogP contribution is -2.45. The van der Waals surface area contributed by atoms with Crippen LogP contribution in [0.25, 0.3) is 0 Å². The number of nitrogens with two attached hydrogens (primary N) is 1. The molecule has 1 rings (SSSR count). The largest absolute Gasteiger partial charge is 0.480 e. The van der Waals surface area contributed by atoms with Crippen LogP contribution in [0, 0.1) is 0 Å². The lowest BCUT2D eigenvalue weighted by atomic mass is 10.0. The minimum atomic E-state index is -1.51. The molecule has 5 nitrogen and oxygen atoms in total. The molecule has 0 aliphatic heterocycles. The smallest absolute Gasteiger partial charge is 0.330 e. The molecule has 0 aliphatic carbocycles. The summed E-state index contributed by atoms with van der Waals surface area (Å²) < 4.78 is 0. The van der Waals surface area contributed by atoms with Crippen LogP contribution in [0.2, 0.25) is 0 Å². The molecule has 0 aromatic heterocycles. The average Bonchev–Trinajstić information content (AvgIpc) is 2.35. The summed E-state index contributed by atoms with van der Waals surface area (Å²) in [4.78, 5) is 21.8. The lowest BCUT2D eigenvalue weighted by Gasteiger charge is -2.10. The molecule has 0 saturated carbocycles. The second kappa shape index (κ2) is 6.16. The Morgan fingerprint density at radius 3 is 2.28 bits per heavy atom. The van der Waals surface area contributed by atoms with Gasteiger partial charge in [0.25, 0.3) is 0 Å². The summed E-state index contributed by atoms with van der Waals surface area (Å²) in [7, 11) is 0. The van der Waals surface area contributed by atoms with E-state index in [0.29, 0.717) is 5.92 Å². The van der Waals surface area contributed by atoms with E-state index in [1.807, 2.05) is 24.3 Å². The highest BCUT2D eigenvalue weighted by Crippen LogP contribution is 2.14. The van der Waals surface area contributed by atoms with Gasteiger partial charge in [-0.15, -0.1) is 0 Å². The van der Waals surface area contributed by atoms with Crippen molar-refractivity contribution in [3.8, 4) is 0 Å². The zero-order chi connectivity index (χ0) is 13.7. The Morgan fingerprint density at radius 2 is 1.83 bits per heavy atom. The van der Waals surface area contributed by atoms with Crippen molar-refractivity contribution in [2.45, 2.75) is 32.4 Å². The fourth-order valence-electron chi connectivity index (χ4n) is 1.43. The van der Waals surface area contributed by atoms with E-state index in [-0.39, 0.29) is 6.54 Å². The molecule has 0 heterocycles. The van der Waals surface area contributed by atoms with Gasteiger partial charge in [-0.1, -0.05) is 38.1 Å². The maximum Gasteiger partial charge on any atom is 0.330 e. The van der Waals surface area contributed by atoms with Gasteiger partial charge in [-0.2, -0.15) is 0 Å². The number of hydrogen-bond donors (Lipinski definition) is 3.